The first kappa shape index (κ1) is 16.2. The zero-order valence-corrected chi connectivity index (χ0v) is 13.1. The molecule has 3 rings (SSSR count). The summed E-state index contributed by atoms with van der Waals surface area (Å²) in [5.74, 6) is -1.99. The number of pyridine rings is 1. The number of aromatic amines is 1. The molecule has 1 saturated heterocycles. The molecule has 24 heavy (non-hydrogen) atoms. The quantitative estimate of drug-likeness (QED) is 0.908. The minimum Gasteiger partial charge on any atom is -0.337 e. The van der Waals surface area contributed by atoms with Crippen molar-refractivity contribution in [3.05, 3.63) is 57.5 Å². The number of aromatic nitrogens is 3. The number of amides is 1. The lowest BCUT2D eigenvalue weighted by molar-refractivity contribution is 0.0694. The molecule has 1 atom stereocenters. The summed E-state index contributed by atoms with van der Waals surface area (Å²) in [6.07, 6.45) is 2.30. The molecule has 1 unspecified atom stereocenters. The van der Waals surface area contributed by atoms with Gasteiger partial charge >= 0.3 is 0 Å². The van der Waals surface area contributed by atoms with Crippen LogP contribution in [0, 0.1) is 18.6 Å². The van der Waals surface area contributed by atoms with Crippen molar-refractivity contribution in [3.63, 3.8) is 0 Å². The van der Waals surface area contributed by atoms with Gasteiger partial charge in [0.25, 0.3) is 11.5 Å². The van der Waals surface area contributed by atoms with Gasteiger partial charge in [0.2, 0.25) is 0 Å². The molecule has 2 aromatic heterocycles. The van der Waals surface area contributed by atoms with E-state index in [1.54, 1.807) is 6.92 Å². The molecule has 126 valence electrons. The minimum atomic E-state index is -0.979. The first-order valence-corrected chi connectivity index (χ1v) is 7.62. The summed E-state index contributed by atoms with van der Waals surface area (Å²) in [7, 11) is 0. The van der Waals surface area contributed by atoms with E-state index in [0.717, 1.165) is 12.6 Å². The Morgan fingerprint density at radius 1 is 1.38 bits per heavy atom. The average Bonchev–Trinajstić information content (AvgIpc) is 2.53. The second-order valence-electron chi connectivity index (χ2n) is 5.83. The predicted molar refractivity (Wildman–Crippen MR) is 81.6 cm³/mol. The van der Waals surface area contributed by atoms with Crippen LogP contribution in [0.25, 0.3) is 0 Å². The highest BCUT2D eigenvalue weighted by Gasteiger charge is 2.28. The van der Waals surface area contributed by atoms with E-state index >= 15 is 0 Å². The number of piperidine rings is 1. The van der Waals surface area contributed by atoms with Crippen LogP contribution in [0.5, 0.6) is 0 Å². The molecular weight excluding hydrogens is 318 g/mol. The Hall–Kier alpha value is -2.64. The summed E-state index contributed by atoms with van der Waals surface area (Å²) in [4.78, 5) is 36.0. The maximum atomic E-state index is 13.8. The van der Waals surface area contributed by atoms with Crippen LogP contribution in [0.2, 0.25) is 0 Å². The Morgan fingerprint density at radius 2 is 2.17 bits per heavy atom. The molecule has 1 amide bonds. The number of hydrogen-bond donors (Lipinski definition) is 1. The van der Waals surface area contributed by atoms with Gasteiger partial charge in [-0.25, -0.2) is 18.7 Å². The Balaban J connectivity index is 1.82. The largest absolute Gasteiger partial charge is 0.337 e. The second-order valence-corrected chi connectivity index (χ2v) is 5.83. The molecule has 0 aliphatic carbocycles. The first-order valence-electron chi connectivity index (χ1n) is 7.62. The van der Waals surface area contributed by atoms with Gasteiger partial charge in [0, 0.05) is 31.1 Å². The Morgan fingerprint density at radius 3 is 2.88 bits per heavy atom. The van der Waals surface area contributed by atoms with Gasteiger partial charge in [-0.3, -0.25) is 9.59 Å². The zero-order valence-electron chi connectivity index (χ0n) is 13.1. The van der Waals surface area contributed by atoms with Gasteiger partial charge in [-0.2, -0.15) is 0 Å². The SMILES string of the molecule is Cc1nc(C2CCCN(C(=O)c3ncc(F)cc3F)C2)cc(=O)[nH]1. The monoisotopic (exact) mass is 334 g/mol. The number of H-pyrrole nitrogens is 1. The van der Waals surface area contributed by atoms with E-state index in [0.29, 0.717) is 37.1 Å². The number of rotatable bonds is 2. The number of aryl methyl sites for hydroxylation is 1. The molecule has 1 aliphatic rings. The standard InChI is InChI=1S/C16H16F2N4O2/c1-9-20-13(6-14(23)21-9)10-3-2-4-22(8-10)16(24)15-12(18)5-11(17)7-19-15/h5-7,10H,2-4,8H2,1H3,(H,20,21,23). The maximum Gasteiger partial charge on any atom is 0.275 e. The van der Waals surface area contributed by atoms with E-state index in [2.05, 4.69) is 15.0 Å². The Bertz CT molecular complexity index is 837. The van der Waals surface area contributed by atoms with Gasteiger partial charge in [0.1, 0.15) is 11.6 Å². The molecule has 0 aromatic carbocycles. The molecule has 8 heteroatoms. The summed E-state index contributed by atoms with van der Waals surface area (Å²) >= 11 is 0. The average molecular weight is 334 g/mol. The number of carbonyl (C=O) groups excluding carboxylic acids is 1. The molecule has 2 aromatic rings. The number of hydrogen-bond acceptors (Lipinski definition) is 4. The van der Waals surface area contributed by atoms with Crippen LogP contribution < -0.4 is 5.56 Å². The summed E-state index contributed by atoms with van der Waals surface area (Å²) in [5.41, 5.74) is -0.0272. The molecule has 1 fully saturated rings. The fourth-order valence-electron chi connectivity index (χ4n) is 2.94. The summed E-state index contributed by atoms with van der Waals surface area (Å²) in [5, 5.41) is 0. The smallest absolute Gasteiger partial charge is 0.275 e. The third kappa shape index (κ3) is 3.32. The van der Waals surface area contributed by atoms with E-state index in [1.807, 2.05) is 0 Å². The lowest BCUT2D eigenvalue weighted by Gasteiger charge is -2.32. The van der Waals surface area contributed by atoms with Gasteiger partial charge in [-0.1, -0.05) is 0 Å². The lowest BCUT2D eigenvalue weighted by Crippen LogP contribution is -2.40. The molecule has 0 saturated carbocycles. The lowest BCUT2D eigenvalue weighted by atomic mass is 9.94. The molecule has 1 N–H and O–H groups in total. The molecular formula is C16H16F2N4O2. The van der Waals surface area contributed by atoms with Gasteiger partial charge in [0.15, 0.2) is 11.5 Å². The highest BCUT2D eigenvalue weighted by molar-refractivity contribution is 5.92. The van der Waals surface area contributed by atoms with E-state index in [-0.39, 0.29) is 11.5 Å². The number of halogens is 2. The number of likely N-dealkylation sites (tertiary alicyclic amines) is 1. The topological polar surface area (TPSA) is 79.0 Å². The van der Waals surface area contributed by atoms with Crippen molar-refractivity contribution in [2.75, 3.05) is 13.1 Å². The van der Waals surface area contributed by atoms with Gasteiger partial charge in [-0.05, 0) is 19.8 Å². The molecule has 1 aliphatic heterocycles. The van der Waals surface area contributed by atoms with Crippen LogP contribution in [0.1, 0.15) is 40.8 Å². The third-order valence-corrected chi connectivity index (χ3v) is 4.02. The fraction of sp³-hybridized carbons (Fsp3) is 0.375. The van der Waals surface area contributed by atoms with E-state index < -0.39 is 23.2 Å². The summed E-state index contributed by atoms with van der Waals surface area (Å²) < 4.78 is 26.7. The van der Waals surface area contributed by atoms with Gasteiger partial charge < -0.3 is 9.88 Å². The van der Waals surface area contributed by atoms with Crippen LogP contribution in [0.15, 0.2) is 23.1 Å². The molecule has 6 nitrogen and oxygen atoms in total. The van der Waals surface area contributed by atoms with Crippen LogP contribution in [-0.4, -0.2) is 38.8 Å². The molecule has 0 radical (unpaired) electrons. The van der Waals surface area contributed by atoms with Gasteiger partial charge in [-0.15, -0.1) is 0 Å². The Kier molecular flexibility index (Phi) is 4.37. The van der Waals surface area contributed by atoms with Crippen LogP contribution in [0.4, 0.5) is 8.78 Å². The van der Waals surface area contributed by atoms with Crippen molar-refractivity contribution in [1.29, 1.82) is 0 Å². The fourth-order valence-corrected chi connectivity index (χ4v) is 2.94. The van der Waals surface area contributed by atoms with Crippen molar-refractivity contribution >= 4 is 5.91 Å². The Labute approximate surface area is 136 Å². The number of nitrogens with zero attached hydrogens (tertiary/aromatic N) is 3. The third-order valence-electron chi connectivity index (χ3n) is 4.02. The second kappa shape index (κ2) is 6.46. The zero-order chi connectivity index (χ0) is 17.3. The van der Waals surface area contributed by atoms with Crippen LogP contribution >= 0.6 is 0 Å². The van der Waals surface area contributed by atoms with E-state index in [4.69, 9.17) is 0 Å². The highest BCUT2D eigenvalue weighted by atomic mass is 19.1. The van der Waals surface area contributed by atoms with Crippen LogP contribution in [0.3, 0.4) is 0 Å². The molecule has 0 bridgehead atoms. The first-order chi connectivity index (χ1) is 11.4. The predicted octanol–water partition coefficient (Wildman–Crippen LogP) is 1.77. The molecule has 3 heterocycles. The van der Waals surface area contributed by atoms with Crippen molar-refractivity contribution in [3.8, 4) is 0 Å². The van der Waals surface area contributed by atoms with Gasteiger partial charge in [0.05, 0.1) is 11.9 Å². The number of carbonyl (C=O) groups is 1. The van der Waals surface area contributed by atoms with Crippen LogP contribution in [-0.2, 0) is 0 Å². The summed E-state index contributed by atoms with van der Waals surface area (Å²) in [6.45, 7) is 2.46. The minimum absolute atomic E-state index is 0.104. The maximum absolute atomic E-state index is 13.8. The van der Waals surface area contributed by atoms with Crippen molar-refractivity contribution < 1.29 is 13.6 Å². The van der Waals surface area contributed by atoms with E-state index in [9.17, 15) is 18.4 Å². The van der Waals surface area contributed by atoms with Crippen molar-refractivity contribution in [2.45, 2.75) is 25.7 Å². The summed E-state index contributed by atoms with van der Waals surface area (Å²) in [6, 6.07) is 2.06. The van der Waals surface area contributed by atoms with Crippen molar-refractivity contribution in [1.82, 2.24) is 19.9 Å². The van der Waals surface area contributed by atoms with E-state index in [1.165, 1.54) is 11.0 Å². The molecule has 0 spiro atoms. The van der Waals surface area contributed by atoms with Crippen molar-refractivity contribution in [2.24, 2.45) is 0 Å². The highest BCUT2D eigenvalue weighted by Crippen LogP contribution is 2.26. The number of nitrogens with one attached hydrogen (secondary N) is 1. The normalized spacial score (nSPS) is 17.8.